The molecule has 3 rings (SSSR count). The molecule has 214 valence electrons. The van der Waals surface area contributed by atoms with Crippen LogP contribution in [0.25, 0.3) is 11.3 Å². The van der Waals surface area contributed by atoms with Gasteiger partial charge in [-0.3, -0.25) is 9.78 Å². The van der Waals surface area contributed by atoms with Crippen LogP contribution in [-0.2, 0) is 28.4 Å². The molecule has 0 radical (unpaired) electrons. The van der Waals surface area contributed by atoms with Gasteiger partial charge in [0.05, 0.1) is 29.0 Å². The zero-order chi connectivity index (χ0) is 29.9. The lowest BCUT2D eigenvalue weighted by molar-refractivity contribution is -0.158. The number of esters is 1. The summed E-state index contributed by atoms with van der Waals surface area (Å²) in [4.78, 5) is 28.6. The second kappa shape index (κ2) is 11.7. The van der Waals surface area contributed by atoms with Crippen LogP contribution in [0.3, 0.4) is 0 Å². The molecule has 0 aliphatic rings. The lowest BCUT2D eigenvalue weighted by atomic mass is 10.0. The Kier molecular flexibility index (Phi) is 9.03. The second-order valence-corrected chi connectivity index (χ2v) is 9.36. The highest BCUT2D eigenvalue weighted by Gasteiger charge is 2.36. The first kappa shape index (κ1) is 30.7. The zero-order valence-electron chi connectivity index (χ0n) is 21.3. The number of nitrogens with one attached hydrogen (secondary N) is 1. The third-order valence-electron chi connectivity index (χ3n) is 5.57. The van der Waals surface area contributed by atoms with E-state index in [9.17, 15) is 35.9 Å². The SMILES string of the molecule is CCOC(=O)C(C)(C)Oc1ccc(CNC(=O)c2cnc(-c3ccc(C(F)(F)F)cc3)cc2C(F)(F)F)c(Cl)c1. The van der Waals surface area contributed by atoms with E-state index >= 15 is 0 Å². The van der Waals surface area contributed by atoms with E-state index in [1.165, 1.54) is 32.0 Å². The molecule has 0 fully saturated rings. The number of hydrogen-bond acceptors (Lipinski definition) is 5. The van der Waals surface area contributed by atoms with Crippen molar-refractivity contribution in [2.24, 2.45) is 0 Å². The minimum Gasteiger partial charge on any atom is -0.476 e. The maximum Gasteiger partial charge on any atom is 0.417 e. The van der Waals surface area contributed by atoms with Gasteiger partial charge in [-0.05, 0) is 56.7 Å². The van der Waals surface area contributed by atoms with Crippen molar-refractivity contribution >= 4 is 23.5 Å². The van der Waals surface area contributed by atoms with E-state index in [2.05, 4.69) is 10.3 Å². The number of rotatable bonds is 8. The van der Waals surface area contributed by atoms with E-state index in [4.69, 9.17) is 21.1 Å². The van der Waals surface area contributed by atoms with Crippen LogP contribution in [0.5, 0.6) is 5.75 Å². The minimum absolute atomic E-state index is 0.00526. The highest BCUT2D eigenvalue weighted by atomic mass is 35.5. The number of aromatic nitrogens is 1. The van der Waals surface area contributed by atoms with Crippen molar-refractivity contribution < 1.29 is 45.4 Å². The lowest BCUT2D eigenvalue weighted by Gasteiger charge is -2.24. The first-order valence-corrected chi connectivity index (χ1v) is 12.1. The van der Waals surface area contributed by atoms with Gasteiger partial charge < -0.3 is 14.8 Å². The normalized spacial score (nSPS) is 12.2. The Morgan fingerprint density at radius 3 is 2.15 bits per heavy atom. The Morgan fingerprint density at radius 2 is 1.60 bits per heavy atom. The number of hydrogen-bond donors (Lipinski definition) is 1. The molecule has 0 bridgehead atoms. The second-order valence-electron chi connectivity index (χ2n) is 8.96. The van der Waals surface area contributed by atoms with Gasteiger partial charge in [0.15, 0.2) is 5.60 Å². The highest BCUT2D eigenvalue weighted by Crippen LogP contribution is 2.35. The molecule has 0 saturated carbocycles. The van der Waals surface area contributed by atoms with Gasteiger partial charge in [-0.25, -0.2) is 4.79 Å². The zero-order valence-corrected chi connectivity index (χ0v) is 22.1. The fourth-order valence-corrected chi connectivity index (χ4v) is 3.74. The van der Waals surface area contributed by atoms with Gasteiger partial charge >= 0.3 is 18.3 Å². The van der Waals surface area contributed by atoms with Crippen LogP contribution in [0, 0.1) is 0 Å². The van der Waals surface area contributed by atoms with E-state index in [0.29, 0.717) is 17.8 Å². The van der Waals surface area contributed by atoms with Gasteiger partial charge in [0, 0.05) is 23.3 Å². The van der Waals surface area contributed by atoms with E-state index in [-0.39, 0.29) is 35.2 Å². The molecule has 1 heterocycles. The van der Waals surface area contributed by atoms with Gasteiger partial charge in [0.1, 0.15) is 5.75 Å². The van der Waals surface area contributed by atoms with Crippen molar-refractivity contribution in [1.82, 2.24) is 10.3 Å². The molecule has 3 aromatic rings. The Bertz CT molecular complexity index is 1390. The molecule has 13 heteroatoms. The average molecular weight is 589 g/mol. The van der Waals surface area contributed by atoms with Gasteiger partial charge in [-0.2, -0.15) is 26.3 Å². The van der Waals surface area contributed by atoms with E-state index in [1.807, 2.05) is 0 Å². The quantitative estimate of drug-likeness (QED) is 0.225. The molecule has 1 N–H and O–H groups in total. The maximum absolute atomic E-state index is 13.8. The molecule has 40 heavy (non-hydrogen) atoms. The summed E-state index contributed by atoms with van der Waals surface area (Å²) in [5.41, 5.74) is -4.29. The number of carbonyl (C=O) groups excluding carboxylic acids is 2. The third-order valence-corrected chi connectivity index (χ3v) is 5.92. The van der Waals surface area contributed by atoms with Crippen molar-refractivity contribution in [3.05, 3.63) is 82.0 Å². The fraction of sp³-hybridized carbons (Fsp3) is 0.296. The van der Waals surface area contributed by atoms with Crippen molar-refractivity contribution in [1.29, 1.82) is 0 Å². The first-order valence-electron chi connectivity index (χ1n) is 11.7. The van der Waals surface area contributed by atoms with Crippen LogP contribution in [-0.4, -0.2) is 29.1 Å². The standard InChI is InChI=1S/C27H23ClF6N2O4/c1-4-39-24(38)25(2,3)40-18-10-7-16(21(28)11-18)13-36-23(37)19-14-35-22(12-20(19)27(32,33)34)15-5-8-17(9-6-15)26(29,30)31/h5-12,14H,4,13H2,1-3H3,(H,36,37). The summed E-state index contributed by atoms with van der Waals surface area (Å²) >= 11 is 6.25. The van der Waals surface area contributed by atoms with Crippen molar-refractivity contribution in [2.45, 2.75) is 45.3 Å². The van der Waals surface area contributed by atoms with E-state index in [1.54, 1.807) is 6.92 Å². The summed E-state index contributed by atoms with van der Waals surface area (Å²) in [5.74, 6) is -1.47. The third kappa shape index (κ3) is 7.44. The minimum atomic E-state index is -4.96. The summed E-state index contributed by atoms with van der Waals surface area (Å²) in [7, 11) is 0. The molecule has 0 unspecified atom stereocenters. The number of nitrogens with zero attached hydrogens (tertiary/aromatic N) is 1. The number of amides is 1. The van der Waals surface area contributed by atoms with Crippen LogP contribution in [0.2, 0.25) is 5.02 Å². The van der Waals surface area contributed by atoms with E-state index in [0.717, 1.165) is 24.3 Å². The van der Waals surface area contributed by atoms with Crippen molar-refractivity contribution in [3.63, 3.8) is 0 Å². The smallest absolute Gasteiger partial charge is 0.417 e. The van der Waals surface area contributed by atoms with Gasteiger partial charge in [-0.15, -0.1) is 0 Å². The molecule has 0 aliphatic carbocycles. The Balaban J connectivity index is 1.78. The predicted octanol–water partition coefficient (Wildman–Crippen LogP) is 7.09. The van der Waals surface area contributed by atoms with Crippen LogP contribution in [0.15, 0.2) is 54.7 Å². The number of benzene rings is 2. The molecule has 1 amide bonds. The van der Waals surface area contributed by atoms with Crippen molar-refractivity contribution in [3.8, 4) is 17.0 Å². The van der Waals surface area contributed by atoms with Gasteiger partial charge in [-0.1, -0.05) is 29.8 Å². The molecule has 0 spiro atoms. The molecule has 6 nitrogen and oxygen atoms in total. The van der Waals surface area contributed by atoms with Crippen LogP contribution in [0.1, 0.15) is 47.8 Å². The topological polar surface area (TPSA) is 77.5 Å². The fourth-order valence-electron chi connectivity index (χ4n) is 3.51. The Hall–Kier alpha value is -3.80. The summed E-state index contributed by atoms with van der Waals surface area (Å²) in [6, 6.07) is 8.35. The Labute approximate surface area is 230 Å². The highest BCUT2D eigenvalue weighted by molar-refractivity contribution is 6.31. The van der Waals surface area contributed by atoms with Gasteiger partial charge in [0.25, 0.3) is 5.91 Å². The van der Waals surface area contributed by atoms with Crippen LogP contribution in [0.4, 0.5) is 26.3 Å². The molecule has 0 saturated heterocycles. The number of ether oxygens (including phenoxy) is 2. The molecule has 0 aliphatic heterocycles. The number of halogens is 7. The Morgan fingerprint density at radius 1 is 0.950 bits per heavy atom. The monoisotopic (exact) mass is 588 g/mol. The molecule has 0 atom stereocenters. The summed E-state index contributed by atoms with van der Waals surface area (Å²) in [5, 5.41) is 2.47. The summed E-state index contributed by atoms with van der Waals surface area (Å²) in [6.07, 6.45) is -8.86. The summed E-state index contributed by atoms with van der Waals surface area (Å²) < 4.78 is 90.4. The summed E-state index contributed by atoms with van der Waals surface area (Å²) in [6.45, 7) is 4.56. The average Bonchev–Trinajstić information content (AvgIpc) is 2.86. The largest absolute Gasteiger partial charge is 0.476 e. The number of pyridine rings is 1. The molecule has 2 aromatic carbocycles. The van der Waals surface area contributed by atoms with E-state index < -0.39 is 46.5 Å². The first-order chi connectivity index (χ1) is 18.5. The molecule has 1 aromatic heterocycles. The lowest BCUT2D eigenvalue weighted by Crippen LogP contribution is -2.39. The molecular weight excluding hydrogens is 566 g/mol. The van der Waals surface area contributed by atoms with Gasteiger partial charge in [0.2, 0.25) is 0 Å². The molecular formula is C27H23ClF6N2O4. The predicted molar refractivity (Wildman–Crippen MR) is 134 cm³/mol. The van der Waals surface area contributed by atoms with Crippen LogP contribution < -0.4 is 10.1 Å². The maximum atomic E-state index is 13.8. The van der Waals surface area contributed by atoms with Crippen molar-refractivity contribution in [2.75, 3.05) is 6.61 Å². The number of carbonyl (C=O) groups is 2. The van der Waals surface area contributed by atoms with Crippen LogP contribution >= 0.6 is 11.6 Å². The number of alkyl halides is 6.